The lowest BCUT2D eigenvalue weighted by Crippen LogP contribution is -1.98. The maximum absolute atomic E-state index is 5.87. The van der Waals surface area contributed by atoms with Gasteiger partial charge in [-0.2, -0.15) is 0 Å². The maximum atomic E-state index is 5.87. The van der Waals surface area contributed by atoms with Crippen LogP contribution in [0.25, 0.3) is 21.1 Å². The molecule has 0 aliphatic carbocycles. The lowest BCUT2D eigenvalue weighted by Gasteiger charge is -2.01. The van der Waals surface area contributed by atoms with Gasteiger partial charge in [0.05, 0.1) is 10.6 Å². The zero-order valence-corrected chi connectivity index (χ0v) is 12.9. The number of pyridine rings is 1. The SMILES string of the molecule is Cc1cnc(-c2nc(CN)c(-c3ccccc3)s2)c(C)c1. The molecular weight excluding hydrogens is 278 g/mol. The Morgan fingerprint density at radius 2 is 1.90 bits per heavy atom. The number of aryl methyl sites for hydroxylation is 2. The van der Waals surface area contributed by atoms with E-state index in [4.69, 9.17) is 10.7 Å². The third-order valence-electron chi connectivity index (χ3n) is 3.34. The summed E-state index contributed by atoms with van der Waals surface area (Å²) in [5, 5.41) is 0.937. The van der Waals surface area contributed by atoms with Crippen LogP contribution in [0.4, 0.5) is 0 Å². The average Bonchev–Trinajstić information content (AvgIpc) is 2.92. The van der Waals surface area contributed by atoms with Crippen LogP contribution in [0, 0.1) is 13.8 Å². The summed E-state index contributed by atoms with van der Waals surface area (Å²) in [6.45, 7) is 4.55. The van der Waals surface area contributed by atoms with Crippen LogP contribution in [-0.2, 0) is 6.54 Å². The number of hydrogen-bond donors (Lipinski definition) is 1. The molecule has 3 rings (SSSR count). The second-order valence-corrected chi connectivity index (χ2v) is 6.04. The summed E-state index contributed by atoms with van der Waals surface area (Å²) in [4.78, 5) is 10.4. The lowest BCUT2D eigenvalue weighted by atomic mass is 10.1. The Morgan fingerprint density at radius 1 is 1.14 bits per heavy atom. The zero-order valence-electron chi connectivity index (χ0n) is 12.1. The molecular formula is C17H17N3S. The van der Waals surface area contributed by atoms with E-state index in [0.29, 0.717) is 6.54 Å². The zero-order chi connectivity index (χ0) is 14.8. The van der Waals surface area contributed by atoms with Crippen molar-refractivity contribution < 1.29 is 0 Å². The van der Waals surface area contributed by atoms with Crippen LogP contribution in [-0.4, -0.2) is 9.97 Å². The number of benzene rings is 1. The summed E-state index contributed by atoms with van der Waals surface area (Å²) in [6.07, 6.45) is 1.88. The molecule has 3 nitrogen and oxygen atoms in total. The molecule has 2 aromatic heterocycles. The number of rotatable bonds is 3. The van der Waals surface area contributed by atoms with Crippen molar-refractivity contribution in [1.82, 2.24) is 9.97 Å². The summed E-state index contributed by atoms with van der Waals surface area (Å²) < 4.78 is 0. The highest BCUT2D eigenvalue weighted by atomic mass is 32.1. The van der Waals surface area contributed by atoms with E-state index in [0.717, 1.165) is 38.0 Å². The lowest BCUT2D eigenvalue weighted by molar-refractivity contribution is 1.01. The first-order chi connectivity index (χ1) is 10.2. The molecule has 106 valence electrons. The van der Waals surface area contributed by atoms with Gasteiger partial charge in [0.1, 0.15) is 10.7 Å². The Hall–Kier alpha value is -2.04. The first kappa shape index (κ1) is 13.9. The van der Waals surface area contributed by atoms with Gasteiger partial charge in [0, 0.05) is 12.7 Å². The molecule has 2 heterocycles. The molecule has 1 aromatic carbocycles. The minimum absolute atomic E-state index is 0.436. The van der Waals surface area contributed by atoms with Crippen molar-refractivity contribution in [2.75, 3.05) is 0 Å². The smallest absolute Gasteiger partial charge is 0.143 e. The molecule has 4 heteroatoms. The minimum Gasteiger partial charge on any atom is -0.325 e. The summed E-state index contributed by atoms with van der Waals surface area (Å²) in [5.41, 5.74) is 11.2. The van der Waals surface area contributed by atoms with E-state index in [2.05, 4.69) is 30.1 Å². The first-order valence-electron chi connectivity index (χ1n) is 6.88. The van der Waals surface area contributed by atoms with Gasteiger partial charge in [-0.3, -0.25) is 4.98 Å². The molecule has 0 aliphatic heterocycles. The van der Waals surface area contributed by atoms with Crippen molar-refractivity contribution in [1.29, 1.82) is 0 Å². The minimum atomic E-state index is 0.436. The van der Waals surface area contributed by atoms with Crippen LogP contribution in [0.3, 0.4) is 0 Å². The maximum Gasteiger partial charge on any atom is 0.143 e. The van der Waals surface area contributed by atoms with Crippen LogP contribution in [0.15, 0.2) is 42.6 Å². The molecule has 0 saturated heterocycles. The Bertz CT molecular complexity index is 763. The molecule has 0 spiro atoms. The molecule has 0 amide bonds. The molecule has 0 fully saturated rings. The van der Waals surface area contributed by atoms with E-state index in [9.17, 15) is 0 Å². The number of thiazole rings is 1. The fourth-order valence-electron chi connectivity index (χ4n) is 2.35. The van der Waals surface area contributed by atoms with Gasteiger partial charge in [0.25, 0.3) is 0 Å². The fourth-order valence-corrected chi connectivity index (χ4v) is 3.51. The van der Waals surface area contributed by atoms with Crippen LogP contribution in [0.5, 0.6) is 0 Å². The van der Waals surface area contributed by atoms with Gasteiger partial charge in [-0.1, -0.05) is 36.4 Å². The van der Waals surface area contributed by atoms with Crippen molar-refractivity contribution in [2.45, 2.75) is 20.4 Å². The second-order valence-electron chi connectivity index (χ2n) is 5.04. The molecule has 0 unspecified atom stereocenters. The highest BCUT2D eigenvalue weighted by molar-refractivity contribution is 7.18. The molecule has 0 saturated carbocycles. The Kier molecular flexibility index (Phi) is 3.82. The average molecular weight is 295 g/mol. The van der Waals surface area contributed by atoms with Crippen LogP contribution in [0.2, 0.25) is 0 Å². The summed E-state index contributed by atoms with van der Waals surface area (Å²) >= 11 is 1.66. The largest absolute Gasteiger partial charge is 0.325 e. The van der Waals surface area contributed by atoms with Gasteiger partial charge in [0.2, 0.25) is 0 Å². The molecule has 0 atom stereocenters. The van der Waals surface area contributed by atoms with Gasteiger partial charge >= 0.3 is 0 Å². The molecule has 2 N–H and O–H groups in total. The van der Waals surface area contributed by atoms with Crippen LogP contribution < -0.4 is 5.73 Å². The summed E-state index contributed by atoms with van der Waals surface area (Å²) in [7, 11) is 0. The molecule has 0 bridgehead atoms. The fraction of sp³-hybridized carbons (Fsp3) is 0.176. The van der Waals surface area contributed by atoms with Crippen molar-refractivity contribution in [3.63, 3.8) is 0 Å². The standard InChI is InChI=1S/C17H17N3S/c1-11-8-12(2)15(19-10-11)17-20-14(9-18)16(21-17)13-6-4-3-5-7-13/h3-8,10H,9,18H2,1-2H3. The third kappa shape index (κ3) is 2.73. The van der Waals surface area contributed by atoms with Crippen molar-refractivity contribution in [3.05, 3.63) is 59.4 Å². The molecule has 21 heavy (non-hydrogen) atoms. The Balaban J connectivity index is 2.12. The summed E-state index contributed by atoms with van der Waals surface area (Å²) in [6, 6.07) is 12.4. The van der Waals surface area contributed by atoms with Crippen LogP contribution in [0.1, 0.15) is 16.8 Å². The topological polar surface area (TPSA) is 51.8 Å². The number of nitrogens with two attached hydrogens (primary N) is 1. The predicted octanol–water partition coefficient (Wildman–Crippen LogP) is 3.95. The van der Waals surface area contributed by atoms with E-state index in [1.165, 1.54) is 0 Å². The van der Waals surface area contributed by atoms with E-state index in [1.807, 2.05) is 31.3 Å². The van der Waals surface area contributed by atoms with Gasteiger partial charge in [-0.25, -0.2) is 4.98 Å². The number of hydrogen-bond acceptors (Lipinski definition) is 4. The Labute approximate surface area is 128 Å². The summed E-state index contributed by atoms with van der Waals surface area (Å²) in [5.74, 6) is 0. The van der Waals surface area contributed by atoms with Gasteiger partial charge in [0.15, 0.2) is 0 Å². The molecule has 0 aliphatic rings. The van der Waals surface area contributed by atoms with Crippen LogP contribution >= 0.6 is 11.3 Å². The Morgan fingerprint density at radius 3 is 2.57 bits per heavy atom. The first-order valence-corrected chi connectivity index (χ1v) is 7.69. The normalized spacial score (nSPS) is 10.8. The van der Waals surface area contributed by atoms with Gasteiger partial charge in [-0.05, 0) is 30.5 Å². The van der Waals surface area contributed by atoms with E-state index < -0.39 is 0 Å². The van der Waals surface area contributed by atoms with E-state index >= 15 is 0 Å². The third-order valence-corrected chi connectivity index (χ3v) is 4.50. The van der Waals surface area contributed by atoms with E-state index in [-0.39, 0.29) is 0 Å². The second kappa shape index (κ2) is 5.76. The van der Waals surface area contributed by atoms with Crippen molar-refractivity contribution in [2.24, 2.45) is 5.73 Å². The highest BCUT2D eigenvalue weighted by Crippen LogP contribution is 2.35. The number of nitrogens with zero attached hydrogens (tertiary/aromatic N) is 2. The monoisotopic (exact) mass is 295 g/mol. The van der Waals surface area contributed by atoms with Crippen molar-refractivity contribution in [3.8, 4) is 21.1 Å². The van der Waals surface area contributed by atoms with Gasteiger partial charge in [-0.15, -0.1) is 11.3 Å². The molecule has 0 radical (unpaired) electrons. The molecule has 3 aromatic rings. The van der Waals surface area contributed by atoms with Crippen molar-refractivity contribution >= 4 is 11.3 Å². The quantitative estimate of drug-likeness (QED) is 0.796. The van der Waals surface area contributed by atoms with Gasteiger partial charge < -0.3 is 5.73 Å². The van der Waals surface area contributed by atoms with E-state index in [1.54, 1.807) is 11.3 Å². The highest BCUT2D eigenvalue weighted by Gasteiger charge is 2.15. The predicted molar refractivity (Wildman–Crippen MR) is 88.1 cm³/mol. The number of aromatic nitrogens is 2.